The van der Waals surface area contributed by atoms with Gasteiger partial charge in [0.15, 0.2) is 9.84 Å². The van der Waals surface area contributed by atoms with Crippen molar-refractivity contribution in [2.45, 2.75) is 12.6 Å². The first kappa shape index (κ1) is 16.9. The highest BCUT2D eigenvalue weighted by Crippen LogP contribution is 2.12. The van der Waals surface area contributed by atoms with E-state index in [2.05, 4.69) is 0 Å². The number of benzene rings is 1. The second kappa shape index (κ2) is 8.21. The Morgan fingerprint density at radius 1 is 1.30 bits per heavy atom. The van der Waals surface area contributed by atoms with Gasteiger partial charge < -0.3 is 20.3 Å². The molecule has 7 heteroatoms. The second-order valence-corrected chi connectivity index (χ2v) is 6.65. The highest BCUT2D eigenvalue weighted by molar-refractivity contribution is 7.91. The van der Waals surface area contributed by atoms with Crippen LogP contribution in [0.2, 0.25) is 0 Å². The Labute approximate surface area is 119 Å². The minimum absolute atomic E-state index is 0.0752. The van der Waals surface area contributed by atoms with E-state index in [-0.39, 0.29) is 24.7 Å². The second-order valence-electron chi connectivity index (χ2n) is 4.42. The van der Waals surface area contributed by atoms with E-state index >= 15 is 0 Å². The summed E-state index contributed by atoms with van der Waals surface area (Å²) in [6.45, 7) is 0.491. The molecule has 3 N–H and O–H groups in total. The van der Waals surface area contributed by atoms with Crippen molar-refractivity contribution in [3.05, 3.63) is 29.8 Å². The molecule has 0 aliphatic heterocycles. The summed E-state index contributed by atoms with van der Waals surface area (Å²) in [5, 5.41) is 9.68. The molecule has 0 saturated heterocycles. The molecule has 0 radical (unpaired) electrons. The van der Waals surface area contributed by atoms with Gasteiger partial charge in [0, 0.05) is 13.7 Å². The predicted octanol–water partition coefficient (Wildman–Crippen LogP) is -0.0538. The third kappa shape index (κ3) is 6.33. The lowest BCUT2D eigenvalue weighted by Gasteiger charge is -2.13. The minimum atomic E-state index is -3.33. The van der Waals surface area contributed by atoms with Gasteiger partial charge in [0.25, 0.3) is 0 Å². The van der Waals surface area contributed by atoms with Gasteiger partial charge in [-0.1, -0.05) is 12.1 Å². The lowest BCUT2D eigenvalue weighted by atomic mass is 10.2. The van der Waals surface area contributed by atoms with Crippen LogP contribution in [0.4, 0.5) is 0 Å². The first-order chi connectivity index (χ1) is 9.46. The van der Waals surface area contributed by atoms with Gasteiger partial charge >= 0.3 is 0 Å². The van der Waals surface area contributed by atoms with Crippen LogP contribution in [-0.4, -0.2) is 51.5 Å². The van der Waals surface area contributed by atoms with Crippen LogP contribution in [0.5, 0.6) is 5.75 Å². The third-order valence-electron chi connectivity index (χ3n) is 2.65. The van der Waals surface area contributed by atoms with Crippen LogP contribution in [0.1, 0.15) is 5.56 Å². The van der Waals surface area contributed by atoms with Crippen molar-refractivity contribution in [2.24, 2.45) is 5.73 Å². The number of methoxy groups -OCH3 is 1. The van der Waals surface area contributed by atoms with E-state index in [1.54, 1.807) is 12.1 Å². The molecule has 1 unspecified atom stereocenters. The van der Waals surface area contributed by atoms with E-state index in [1.165, 1.54) is 7.11 Å². The van der Waals surface area contributed by atoms with Crippen molar-refractivity contribution >= 4 is 9.84 Å². The molecule has 1 rings (SSSR count). The molecule has 0 bridgehead atoms. The van der Waals surface area contributed by atoms with Gasteiger partial charge in [-0.05, 0) is 17.7 Å². The van der Waals surface area contributed by atoms with Crippen molar-refractivity contribution in [1.82, 2.24) is 0 Å². The molecule has 114 valence electrons. The minimum Gasteiger partial charge on any atom is -0.491 e. The number of nitrogens with two attached hydrogens (primary N) is 1. The number of aliphatic hydroxyl groups is 1. The van der Waals surface area contributed by atoms with Gasteiger partial charge in [-0.15, -0.1) is 0 Å². The Hall–Kier alpha value is -1.15. The van der Waals surface area contributed by atoms with Gasteiger partial charge in [-0.25, -0.2) is 8.42 Å². The van der Waals surface area contributed by atoms with E-state index in [9.17, 15) is 13.5 Å². The molecule has 0 spiro atoms. The van der Waals surface area contributed by atoms with Crippen molar-refractivity contribution in [3.63, 3.8) is 0 Å². The normalized spacial score (nSPS) is 13.2. The Balaban J connectivity index is 2.40. The maximum atomic E-state index is 11.6. The molecular weight excluding hydrogens is 282 g/mol. The molecule has 6 nitrogen and oxygen atoms in total. The van der Waals surface area contributed by atoms with Crippen molar-refractivity contribution in [3.8, 4) is 5.75 Å². The zero-order chi connectivity index (χ0) is 15.0. The summed E-state index contributed by atoms with van der Waals surface area (Å²) in [6.07, 6.45) is -1.06. The first-order valence-electron chi connectivity index (χ1n) is 6.26. The summed E-state index contributed by atoms with van der Waals surface area (Å²) in [6, 6.07) is 7.09. The third-order valence-corrected chi connectivity index (χ3v) is 4.33. The van der Waals surface area contributed by atoms with Gasteiger partial charge in [0.1, 0.15) is 18.5 Å². The molecule has 1 atom stereocenters. The average molecular weight is 303 g/mol. The van der Waals surface area contributed by atoms with Crippen molar-refractivity contribution in [2.75, 3.05) is 31.8 Å². The van der Waals surface area contributed by atoms with Crippen molar-refractivity contribution < 1.29 is 23.0 Å². The predicted molar refractivity (Wildman–Crippen MR) is 76.4 cm³/mol. The topological polar surface area (TPSA) is 98.9 Å². The number of sulfone groups is 1. The monoisotopic (exact) mass is 303 g/mol. The molecule has 20 heavy (non-hydrogen) atoms. The molecule has 1 aromatic carbocycles. The zero-order valence-corrected chi connectivity index (χ0v) is 12.3. The standard InChI is InChI=1S/C13H21NO5S/c1-18-6-7-20(16,17)10-12(15)9-19-13-4-2-11(8-14)3-5-13/h2-5,12,15H,6-10,14H2,1H3. The highest BCUT2D eigenvalue weighted by atomic mass is 32.2. The number of hydrogen-bond donors (Lipinski definition) is 2. The Morgan fingerprint density at radius 2 is 1.95 bits per heavy atom. The molecule has 0 saturated carbocycles. The van der Waals surface area contributed by atoms with Crippen LogP contribution >= 0.6 is 0 Å². The number of hydrogen-bond acceptors (Lipinski definition) is 6. The highest BCUT2D eigenvalue weighted by Gasteiger charge is 2.17. The lowest BCUT2D eigenvalue weighted by molar-refractivity contribution is 0.124. The lowest BCUT2D eigenvalue weighted by Crippen LogP contribution is -2.29. The van der Waals surface area contributed by atoms with Crippen LogP contribution in [0.25, 0.3) is 0 Å². The van der Waals surface area contributed by atoms with Crippen molar-refractivity contribution in [1.29, 1.82) is 0 Å². The zero-order valence-electron chi connectivity index (χ0n) is 11.5. The Morgan fingerprint density at radius 3 is 2.50 bits per heavy atom. The van der Waals surface area contributed by atoms with Crippen LogP contribution < -0.4 is 10.5 Å². The van der Waals surface area contributed by atoms with Crippen LogP contribution in [0.15, 0.2) is 24.3 Å². The summed E-state index contributed by atoms with van der Waals surface area (Å²) in [5.74, 6) is 0.124. The molecule has 0 fully saturated rings. The average Bonchev–Trinajstić information content (AvgIpc) is 2.43. The molecule has 0 aromatic heterocycles. The molecule has 1 aromatic rings. The summed E-state index contributed by atoms with van der Waals surface area (Å²) in [7, 11) is -1.90. The van der Waals surface area contributed by atoms with E-state index in [1.807, 2.05) is 12.1 Å². The fraction of sp³-hybridized carbons (Fsp3) is 0.538. The maximum Gasteiger partial charge on any atom is 0.155 e. The van der Waals surface area contributed by atoms with E-state index in [4.69, 9.17) is 15.2 Å². The number of aliphatic hydroxyl groups excluding tert-OH is 1. The first-order valence-corrected chi connectivity index (χ1v) is 8.08. The number of ether oxygens (including phenoxy) is 2. The molecule has 0 aliphatic carbocycles. The van der Waals surface area contributed by atoms with Gasteiger partial charge in [-0.3, -0.25) is 0 Å². The molecule has 0 aliphatic rings. The molecular formula is C13H21NO5S. The van der Waals surface area contributed by atoms with Gasteiger partial charge in [0.05, 0.1) is 18.1 Å². The SMILES string of the molecule is COCCS(=O)(=O)CC(O)COc1ccc(CN)cc1. The maximum absolute atomic E-state index is 11.6. The fourth-order valence-electron chi connectivity index (χ4n) is 1.55. The summed E-state index contributed by atoms with van der Waals surface area (Å²) >= 11 is 0. The fourth-order valence-corrected chi connectivity index (χ4v) is 2.82. The van der Waals surface area contributed by atoms with Crippen LogP contribution in [0, 0.1) is 0 Å². The van der Waals surface area contributed by atoms with Gasteiger partial charge in [0.2, 0.25) is 0 Å². The quantitative estimate of drug-likeness (QED) is 0.663. The largest absolute Gasteiger partial charge is 0.491 e. The summed E-state index contributed by atoms with van der Waals surface area (Å²) in [5.41, 5.74) is 6.45. The Bertz CT molecular complexity index is 486. The summed E-state index contributed by atoms with van der Waals surface area (Å²) in [4.78, 5) is 0. The number of rotatable bonds is 9. The van der Waals surface area contributed by atoms with Crippen LogP contribution in [0.3, 0.4) is 0 Å². The smallest absolute Gasteiger partial charge is 0.155 e. The summed E-state index contributed by atoms with van der Waals surface area (Å²) < 4.78 is 33.2. The van der Waals surface area contributed by atoms with Crippen LogP contribution in [-0.2, 0) is 21.1 Å². The van der Waals surface area contributed by atoms with Gasteiger partial charge in [-0.2, -0.15) is 0 Å². The van der Waals surface area contributed by atoms with E-state index in [0.29, 0.717) is 12.3 Å². The van der Waals surface area contributed by atoms with E-state index in [0.717, 1.165) is 5.56 Å². The Kier molecular flexibility index (Phi) is 6.94. The molecule has 0 amide bonds. The molecule has 0 heterocycles. The van der Waals surface area contributed by atoms with E-state index < -0.39 is 15.9 Å².